The van der Waals surface area contributed by atoms with Gasteiger partial charge in [-0.1, -0.05) is 0 Å². The van der Waals surface area contributed by atoms with Crippen molar-refractivity contribution in [1.82, 2.24) is 14.4 Å². The fourth-order valence-electron chi connectivity index (χ4n) is 4.21. The standard InChI is InChI=1S/C19H19FN4O2S/c1-8-14(12-7-27-17-9(2)22-5-11(12)17)13(20)6-23-16(8)15(10-3-4-10)18(25)24(21)19(23)26/h6-7,9-10,22H,3-5,21H2,1-2H3. The summed E-state index contributed by atoms with van der Waals surface area (Å²) in [5.41, 5.74) is 2.86. The lowest BCUT2D eigenvalue weighted by atomic mass is 9.96. The van der Waals surface area contributed by atoms with Crippen molar-refractivity contribution >= 4 is 16.9 Å². The smallest absolute Gasteiger partial charge is 0.332 e. The molecule has 140 valence electrons. The molecule has 0 radical (unpaired) electrons. The first kappa shape index (κ1) is 16.7. The number of aryl methyl sites for hydroxylation is 1. The SMILES string of the molecule is Cc1c(-c2csc3c2CNC3C)c(F)cn2c(=O)n(N)c(=O)c(C3CC3)c12. The summed E-state index contributed by atoms with van der Waals surface area (Å²) in [4.78, 5) is 26.4. The number of hydrogen-bond donors (Lipinski definition) is 2. The maximum absolute atomic E-state index is 15.2. The molecule has 4 heterocycles. The van der Waals surface area contributed by atoms with Gasteiger partial charge in [0.1, 0.15) is 5.82 Å². The fourth-order valence-corrected chi connectivity index (χ4v) is 5.33. The van der Waals surface area contributed by atoms with Crippen LogP contribution >= 0.6 is 11.3 Å². The number of halogens is 1. The highest BCUT2D eigenvalue weighted by atomic mass is 32.1. The van der Waals surface area contributed by atoms with Crippen molar-refractivity contribution < 1.29 is 4.39 Å². The molecule has 1 fully saturated rings. The van der Waals surface area contributed by atoms with E-state index in [1.54, 1.807) is 18.3 Å². The molecule has 3 N–H and O–H groups in total. The topological polar surface area (TPSA) is 81.5 Å². The number of thiophene rings is 1. The molecule has 3 aromatic rings. The Bertz CT molecular complexity index is 1240. The molecule has 0 bridgehead atoms. The summed E-state index contributed by atoms with van der Waals surface area (Å²) in [5.74, 6) is 5.27. The third-order valence-electron chi connectivity index (χ3n) is 5.73. The minimum absolute atomic E-state index is 0.0785. The maximum Gasteiger partial charge on any atom is 0.354 e. The molecule has 2 aliphatic rings. The van der Waals surface area contributed by atoms with Crippen LogP contribution in [0.25, 0.3) is 16.6 Å². The normalized spacial score (nSPS) is 19.0. The van der Waals surface area contributed by atoms with Crippen LogP contribution < -0.4 is 22.4 Å². The van der Waals surface area contributed by atoms with E-state index in [4.69, 9.17) is 5.84 Å². The number of pyridine rings is 1. The Morgan fingerprint density at radius 1 is 1.33 bits per heavy atom. The van der Waals surface area contributed by atoms with Gasteiger partial charge in [0.25, 0.3) is 5.56 Å². The van der Waals surface area contributed by atoms with Crippen LogP contribution in [0.4, 0.5) is 4.39 Å². The zero-order chi connectivity index (χ0) is 19.0. The van der Waals surface area contributed by atoms with Crippen LogP contribution in [0.1, 0.15) is 53.3 Å². The Morgan fingerprint density at radius 2 is 2.07 bits per heavy atom. The van der Waals surface area contributed by atoms with Crippen LogP contribution in [-0.2, 0) is 6.54 Å². The molecule has 0 saturated heterocycles. The first-order valence-electron chi connectivity index (χ1n) is 8.99. The zero-order valence-electron chi connectivity index (χ0n) is 15.0. The van der Waals surface area contributed by atoms with E-state index in [1.807, 2.05) is 5.38 Å². The van der Waals surface area contributed by atoms with Crippen LogP contribution in [0.3, 0.4) is 0 Å². The van der Waals surface area contributed by atoms with Gasteiger partial charge in [-0.3, -0.25) is 9.20 Å². The molecule has 5 rings (SSSR count). The molecular weight excluding hydrogens is 367 g/mol. The first-order valence-corrected chi connectivity index (χ1v) is 9.87. The predicted octanol–water partition coefficient (Wildman–Crippen LogP) is 2.39. The summed E-state index contributed by atoms with van der Waals surface area (Å²) in [7, 11) is 0. The van der Waals surface area contributed by atoms with E-state index in [1.165, 1.54) is 15.5 Å². The summed E-state index contributed by atoms with van der Waals surface area (Å²) < 4.78 is 16.9. The third-order valence-corrected chi connectivity index (χ3v) is 6.94. The number of rotatable bonds is 2. The van der Waals surface area contributed by atoms with Gasteiger partial charge in [-0.15, -0.1) is 11.3 Å². The van der Waals surface area contributed by atoms with Crippen LogP contribution in [-0.4, -0.2) is 9.08 Å². The average Bonchev–Trinajstić information content (AvgIpc) is 3.28. The van der Waals surface area contributed by atoms with Crippen molar-refractivity contribution in [2.45, 2.75) is 45.2 Å². The molecule has 27 heavy (non-hydrogen) atoms. The van der Waals surface area contributed by atoms with Crippen LogP contribution in [0.5, 0.6) is 0 Å². The predicted molar refractivity (Wildman–Crippen MR) is 103 cm³/mol. The monoisotopic (exact) mass is 386 g/mol. The van der Waals surface area contributed by atoms with E-state index < -0.39 is 17.1 Å². The lowest BCUT2D eigenvalue weighted by Crippen LogP contribution is -2.44. The van der Waals surface area contributed by atoms with Gasteiger partial charge in [0, 0.05) is 34.2 Å². The number of aromatic nitrogens is 2. The Labute approximate surface area is 158 Å². The second kappa shape index (κ2) is 5.53. The number of nitrogens with one attached hydrogen (secondary N) is 1. The van der Waals surface area contributed by atoms with E-state index in [-0.39, 0.29) is 12.0 Å². The Kier molecular flexibility index (Phi) is 3.42. The summed E-state index contributed by atoms with van der Waals surface area (Å²) in [6, 6.07) is 0.247. The highest BCUT2D eigenvalue weighted by Crippen LogP contribution is 2.44. The van der Waals surface area contributed by atoms with Gasteiger partial charge in [-0.05, 0) is 49.1 Å². The highest BCUT2D eigenvalue weighted by Gasteiger charge is 2.33. The Balaban J connectivity index is 1.90. The van der Waals surface area contributed by atoms with E-state index >= 15 is 4.39 Å². The minimum atomic E-state index is -0.723. The van der Waals surface area contributed by atoms with Gasteiger partial charge in [-0.2, -0.15) is 4.68 Å². The summed E-state index contributed by atoms with van der Waals surface area (Å²) in [5, 5.41) is 5.35. The lowest BCUT2D eigenvalue weighted by molar-refractivity contribution is 0.615. The molecule has 1 unspecified atom stereocenters. The average molecular weight is 386 g/mol. The van der Waals surface area contributed by atoms with Crippen molar-refractivity contribution in [3.63, 3.8) is 0 Å². The highest BCUT2D eigenvalue weighted by molar-refractivity contribution is 7.10. The van der Waals surface area contributed by atoms with Crippen LogP contribution in [0, 0.1) is 12.7 Å². The Hall–Kier alpha value is -2.45. The zero-order valence-corrected chi connectivity index (χ0v) is 15.8. The van der Waals surface area contributed by atoms with Gasteiger partial charge in [0.2, 0.25) is 0 Å². The van der Waals surface area contributed by atoms with Crippen molar-refractivity contribution in [1.29, 1.82) is 0 Å². The molecule has 1 aliphatic heterocycles. The van der Waals surface area contributed by atoms with E-state index in [9.17, 15) is 9.59 Å². The van der Waals surface area contributed by atoms with Crippen molar-refractivity contribution in [2.75, 3.05) is 5.84 Å². The van der Waals surface area contributed by atoms with Gasteiger partial charge in [0.15, 0.2) is 0 Å². The minimum Gasteiger partial charge on any atom is -0.332 e. The van der Waals surface area contributed by atoms with Crippen molar-refractivity contribution in [2.24, 2.45) is 0 Å². The number of fused-ring (bicyclic) bond motifs is 2. The van der Waals surface area contributed by atoms with E-state index in [0.717, 1.165) is 24.0 Å². The summed E-state index contributed by atoms with van der Waals surface area (Å²) in [6.45, 7) is 4.56. The second-order valence-electron chi connectivity index (χ2n) is 7.44. The molecule has 0 aromatic carbocycles. The molecule has 1 atom stereocenters. The summed E-state index contributed by atoms with van der Waals surface area (Å²) in [6.07, 6.45) is 2.93. The fraction of sp³-hybridized carbons (Fsp3) is 0.368. The van der Waals surface area contributed by atoms with Crippen LogP contribution in [0.2, 0.25) is 0 Å². The largest absolute Gasteiger partial charge is 0.354 e. The number of nitrogens with two attached hydrogens (primary N) is 1. The second-order valence-corrected chi connectivity index (χ2v) is 8.35. The molecule has 6 nitrogen and oxygen atoms in total. The van der Waals surface area contributed by atoms with Crippen molar-refractivity contribution in [3.05, 3.63) is 59.8 Å². The molecule has 8 heteroatoms. The third kappa shape index (κ3) is 2.20. The van der Waals surface area contributed by atoms with Crippen molar-refractivity contribution in [3.8, 4) is 11.1 Å². The summed E-state index contributed by atoms with van der Waals surface area (Å²) >= 11 is 1.61. The number of nitrogens with zero attached hydrogens (tertiary/aromatic N) is 2. The van der Waals surface area contributed by atoms with Crippen LogP contribution in [0.15, 0.2) is 21.2 Å². The molecular formula is C19H19FN4O2S. The van der Waals surface area contributed by atoms with Gasteiger partial charge in [-0.25, -0.2) is 9.18 Å². The van der Waals surface area contributed by atoms with Gasteiger partial charge >= 0.3 is 5.69 Å². The number of hydrogen-bond acceptors (Lipinski definition) is 5. The molecule has 0 spiro atoms. The first-order chi connectivity index (χ1) is 12.9. The van der Waals surface area contributed by atoms with E-state index in [0.29, 0.717) is 33.4 Å². The Morgan fingerprint density at radius 3 is 2.78 bits per heavy atom. The molecule has 0 amide bonds. The molecule has 1 aliphatic carbocycles. The lowest BCUT2D eigenvalue weighted by Gasteiger charge is -2.16. The van der Waals surface area contributed by atoms with E-state index in [2.05, 4.69) is 12.2 Å². The number of nitrogen functional groups attached to an aromatic ring is 1. The van der Waals surface area contributed by atoms with Gasteiger partial charge in [0.05, 0.1) is 11.7 Å². The molecule has 3 aromatic heterocycles. The maximum atomic E-state index is 15.2. The van der Waals surface area contributed by atoms with Gasteiger partial charge < -0.3 is 11.2 Å². The molecule has 1 saturated carbocycles. The quantitative estimate of drug-likeness (QED) is 0.663.